The molecule has 3 aromatic carbocycles. The third kappa shape index (κ3) is 4.83. The molecule has 0 saturated carbocycles. The van der Waals surface area contributed by atoms with Crippen LogP contribution < -0.4 is 15.5 Å². The van der Waals surface area contributed by atoms with Gasteiger partial charge in [0.2, 0.25) is 0 Å². The number of fused-ring (bicyclic) bond motifs is 1. The first-order chi connectivity index (χ1) is 12.7. The van der Waals surface area contributed by atoms with Crippen LogP contribution in [0.5, 0.6) is 5.75 Å². The molecular weight excluding hydrogens is 326 g/mol. The van der Waals surface area contributed by atoms with Crippen molar-refractivity contribution >= 4 is 28.6 Å². The summed E-state index contributed by atoms with van der Waals surface area (Å²) >= 11 is 0. The molecule has 5 nitrogen and oxygen atoms in total. The number of nitrogens with one attached hydrogen (secondary N) is 2. The van der Waals surface area contributed by atoms with E-state index in [9.17, 15) is 4.79 Å². The molecule has 3 aromatic rings. The topological polar surface area (TPSA) is 62.7 Å². The standard InChI is InChI=1S/C21H21N3O2/c1-2-26-20-11-9-19(10-12-20)22-15-21(25)24-23-14-16-7-8-17-5-3-4-6-18(17)13-16/h3-14,22H,2,15H2,1H3,(H,24,25)/b23-14+. The number of hydrazone groups is 1. The van der Waals surface area contributed by atoms with E-state index in [1.807, 2.05) is 67.6 Å². The highest BCUT2D eigenvalue weighted by molar-refractivity contribution is 5.91. The Labute approximate surface area is 152 Å². The fourth-order valence-electron chi connectivity index (χ4n) is 2.52. The van der Waals surface area contributed by atoms with Crippen molar-refractivity contribution in [2.24, 2.45) is 5.10 Å². The van der Waals surface area contributed by atoms with E-state index in [2.05, 4.69) is 21.9 Å². The molecule has 0 heterocycles. The van der Waals surface area contributed by atoms with Crippen LogP contribution in [0.15, 0.2) is 71.8 Å². The van der Waals surface area contributed by atoms with Crippen molar-refractivity contribution in [1.82, 2.24) is 5.43 Å². The highest BCUT2D eigenvalue weighted by Gasteiger charge is 2.00. The number of ether oxygens (including phenoxy) is 1. The second-order valence-electron chi connectivity index (χ2n) is 5.71. The zero-order chi connectivity index (χ0) is 18.2. The zero-order valence-electron chi connectivity index (χ0n) is 14.6. The highest BCUT2D eigenvalue weighted by atomic mass is 16.5. The summed E-state index contributed by atoms with van der Waals surface area (Å²) in [5, 5.41) is 9.37. The maximum absolute atomic E-state index is 11.9. The molecule has 0 aromatic heterocycles. The fraction of sp³-hybridized carbons (Fsp3) is 0.143. The van der Waals surface area contributed by atoms with Crippen LogP contribution in [0.2, 0.25) is 0 Å². The average molecular weight is 347 g/mol. The molecule has 0 fully saturated rings. The maximum Gasteiger partial charge on any atom is 0.259 e. The lowest BCUT2D eigenvalue weighted by Gasteiger charge is -2.07. The van der Waals surface area contributed by atoms with Gasteiger partial charge >= 0.3 is 0 Å². The van der Waals surface area contributed by atoms with Crippen LogP contribution in [0.25, 0.3) is 10.8 Å². The van der Waals surface area contributed by atoms with Gasteiger partial charge in [0.1, 0.15) is 5.75 Å². The molecule has 1 amide bonds. The number of nitrogens with zero attached hydrogens (tertiary/aromatic N) is 1. The number of rotatable bonds is 7. The minimum Gasteiger partial charge on any atom is -0.494 e. The highest BCUT2D eigenvalue weighted by Crippen LogP contribution is 2.15. The minimum absolute atomic E-state index is 0.142. The Morgan fingerprint density at radius 3 is 2.58 bits per heavy atom. The Balaban J connectivity index is 1.49. The number of benzene rings is 3. The van der Waals surface area contributed by atoms with E-state index in [1.54, 1.807) is 6.21 Å². The molecule has 2 N–H and O–H groups in total. The summed E-state index contributed by atoms with van der Waals surface area (Å²) in [7, 11) is 0. The number of carbonyl (C=O) groups is 1. The van der Waals surface area contributed by atoms with Crippen molar-refractivity contribution in [3.05, 3.63) is 72.3 Å². The van der Waals surface area contributed by atoms with Gasteiger partial charge in [-0.15, -0.1) is 0 Å². The summed E-state index contributed by atoms with van der Waals surface area (Å²) in [5.74, 6) is 0.596. The molecule has 0 aliphatic heterocycles. The van der Waals surface area contributed by atoms with Crippen LogP contribution in [0, 0.1) is 0 Å². The molecular formula is C21H21N3O2. The van der Waals surface area contributed by atoms with Crippen LogP contribution >= 0.6 is 0 Å². The van der Waals surface area contributed by atoms with Gasteiger partial charge in [0, 0.05) is 5.69 Å². The van der Waals surface area contributed by atoms with E-state index < -0.39 is 0 Å². The lowest BCUT2D eigenvalue weighted by molar-refractivity contribution is -0.119. The first kappa shape index (κ1) is 17.5. The van der Waals surface area contributed by atoms with Crippen LogP contribution in [0.3, 0.4) is 0 Å². The first-order valence-electron chi connectivity index (χ1n) is 8.52. The molecule has 0 aliphatic carbocycles. The number of amides is 1. The molecule has 0 unspecified atom stereocenters. The van der Waals surface area contributed by atoms with Gasteiger partial charge in [-0.1, -0.05) is 36.4 Å². The quantitative estimate of drug-likeness (QED) is 0.505. The summed E-state index contributed by atoms with van der Waals surface area (Å²) in [6, 6.07) is 21.6. The smallest absolute Gasteiger partial charge is 0.259 e. The second-order valence-corrected chi connectivity index (χ2v) is 5.71. The molecule has 3 rings (SSSR count). The van der Waals surface area contributed by atoms with E-state index >= 15 is 0 Å². The minimum atomic E-state index is -0.212. The van der Waals surface area contributed by atoms with Crippen LogP contribution in [0.1, 0.15) is 12.5 Å². The molecule has 0 atom stereocenters. The summed E-state index contributed by atoms with van der Waals surface area (Å²) in [6.07, 6.45) is 1.64. The Kier molecular flexibility index (Phi) is 5.83. The Hall–Kier alpha value is -3.34. The Morgan fingerprint density at radius 2 is 1.81 bits per heavy atom. The molecule has 5 heteroatoms. The van der Waals surface area contributed by atoms with Crippen LogP contribution in [-0.2, 0) is 4.79 Å². The second kappa shape index (κ2) is 8.67. The van der Waals surface area contributed by atoms with E-state index in [-0.39, 0.29) is 12.5 Å². The van der Waals surface area contributed by atoms with Crippen molar-refractivity contribution in [2.75, 3.05) is 18.5 Å². The molecule has 0 bridgehead atoms. The van der Waals surface area contributed by atoms with Gasteiger partial charge < -0.3 is 10.1 Å². The van der Waals surface area contributed by atoms with Crippen LogP contribution in [0.4, 0.5) is 5.69 Å². The number of anilines is 1. The van der Waals surface area contributed by atoms with E-state index in [0.717, 1.165) is 22.4 Å². The Bertz CT molecular complexity index is 905. The molecule has 0 spiro atoms. The largest absolute Gasteiger partial charge is 0.494 e. The third-order valence-corrected chi connectivity index (χ3v) is 3.79. The first-order valence-corrected chi connectivity index (χ1v) is 8.52. The Morgan fingerprint density at radius 1 is 1.04 bits per heavy atom. The molecule has 0 aliphatic rings. The normalized spacial score (nSPS) is 10.8. The fourth-order valence-corrected chi connectivity index (χ4v) is 2.52. The van der Waals surface area contributed by atoms with Crippen molar-refractivity contribution in [2.45, 2.75) is 6.92 Å². The van der Waals surface area contributed by atoms with Gasteiger partial charge in [-0.3, -0.25) is 4.79 Å². The maximum atomic E-state index is 11.9. The number of hydrogen-bond donors (Lipinski definition) is 2. The SMILES string of the molecule is CCOc1ccc(NCC(=O)N/N=C/c2ccc3ccccc3c2)cc1. The van der Waals surface area contributed by atoms with Crippen molar-refractivity contribution in [1.29, 1.82) is 0 Å². The lowest BCUT2D eigenvalue weighted by atomic mass is 10.1. The summed E-state index contributed by atoms with van der Waals surface area (Å²) in [6.45, 7) is 2.71. The average Bonchev–Trinajstić information content (AvgIpc) is 2.67. The molecule has 0 radical (unpaired) electrons. The van der Waals surface area contributed by atoms with Crippen LogP contribution in [-0.4, -0.2) is 25.3 Å². The monoisotopic (exact) mass is 347 g/mol. The zero-order valence-corrected chi connectivity index (χ0v) is 14.6. The number of hydrogen-bond acceptors (Lipinski definition) is 4. The van der Waals surface area contributed by atoms with E-state index in [4.69, 9.17) is 4.74 Å². The van der Waals surface area contributed by atoms with Gasteiger partial charge in [0.25, 0.3) is 5.91 Å². The van der Waals surface area contributed by atoms with Crippen molar-refractivity contribution in [3.63, 3.8) is 0 Å². The van der Waals surface area contributed by atoms with E-state index in [1.165, 1.54) is 5.39 Å². The summed E-state index contributed by atoms with van der Waals surface area (Å²) in [5.41, 5.74) is 4.31. The summed E-state index contributed by atoms with van der Waals surface area (Å²) in [4.78, 5) is 11.9. The van der Waals surface area contributed by atoms with Gasteiger partial charge in [-0.05, 0) is 53.6 Å². The van der Waals surface area contributed by atoms with Gasteiger partial charge in [0.15, 0.2) is 0 Å². The predicted octanol–water partition coefficient (Wildman–Crippen LogP) is 3.80. The van der Waals surface area contributed by atoms with E-state index in [0.29, 0.717) is 6.61 Å². The molecule has 26 heavy (non-hydrogen) atoms. The van der Waals surface area contributed by atoms with Crippen molar-refractivity contribution < 1.29 is 9.53 Å². The third-order valence-electron chi connectivity index (χ3n) is 3.79. The number of carbonyl (C=O) groups excluding carboxylic acids is 1. The molecule has 132 valence electrons. The van der Waals surface area contributed by atoms with Gasteiger partial charge in [0.05, 0.1) is 19.4 Å². The van der Waals surface area contributed by atoms with Gasteiger partial charge in [-0.2, -0.15) is 5.10 Å². The van der Waals surface area contributed by atoms with Gasteiger partial charge in [-0.25, -0.2) is 5.43 Å². The molecule has 0 saturated heterocycles. The van der Waals surface area contributed by atoms with Crippen molar-refractivity contribution in [3.8, 4) is 5.75 Å². The summed E-state index contributed by atoms with van der Waals surface area (Å²) < 4.78 is 5.38. The lowest BCUT2D eigenvalue weighted by Crippen LogP contribution is -2.25. The predicted molar refractivity (Wildman–Crippen MR) is 106 cm³/mol.